The Bertz CT molecular complexity index is 547. The number of nitrogens with one attached hydrogen (secondary N) is 2. The Kier molecular flexibility index (Phi) is 4.11. The van der Waals surface area contributed by atoms with Crippen LogP contribution in [0.4, 0.5) is 0 Å². The molecule has 2 rings (SSSR count). The molecule has 18 heavy (non-hydrogen) atoms. The van der Waals surface area contributed by atoms with Crippen molar-refractivity contribution in [2.75, 3.05) is 6.54 Å². The third kappa shape index (κ3) is 3.41. The van der Waals surface area contributed by atoms with Gasteiger partial charge in [0.15, 0.2) is 5.03 Å². The lowest BCUT2D eigenvalue weighted by atomic mass is 10.3. The Morgan fingerprint density at radius 3 is 2.89 bits per heavy atom. The molecule has 0 radical (unpaired) electrons. The van der Waals surface area contributed by atoms with Crippen molar-refractivity contribution in [3.63, 3.8) is 0 Å². The Balaban J connectivity index is 1.69. The maximum Gasteiger partial charge on any atom is 0.257 e. The first kappa shape index (κ1) is 12.8. The van der Waals surface area contributed by atoms with Gasteiger partial charge in [-0.25, -0.2) is 18.1 Å². The number of unbranched alkanes of at least 4 members (excludes halogenated alkanes) is 1. The lowest BCUT2D eigenvalue weighted by Gasteiger charge is -2.05. The number of H-pyrrole nitrogens is 1. The second kappa shape index (κ2) is 5.78. The number of rotatable bonds is 7. The van der Waals surface area contributed by atoms with Crippen LogP contribution in [-0.4, -0.2) is 34.7 Å². The molecule has 0 aliphatic heterocycles. The van der Waals surface area contributed by atoms with Crippen LogP contribution in [0.15, 0.2) is 36.0 Å². The Hall–Kier alpha value is -1.67. The van der Waals surface area contributed by atoms with E-state index in [1.807, 2.05) is 10.8 Å². The van der Waals surface area contributed by atoms with Crippen molar-refractivity contribution in [3.8, 4) is 0 Å². The molecule has 8 heteroatoms. The zero-order valence-corrected chi connectivity index (χ0v) is 10.6. The van der Waals surface area contributed by atoms with Gasteiger partial charge in [0.05, 0.1) is 12.5 Å². The van der Waals surface area contributed by atoms with Crippen molar-refractivity contribution < 1.29 is 8.42 Å². The van der Waals surface area contributed by atoms with Gasteiger partial charge in [0.25, 0.3) is 10.0 Å². The minimum absolute atomic E-state index is 0.0945. The Labute approximate surface area is 105 Å². The SMILES string of the molecule is O=S(=O)(NCCCCn1ccnc1)c1ccn[nH]1. The van der Waals surface area contributed by atoms with Crippen LogP contribution >= 0.6 is 0 Å². The highest BCUT2D eigenvalue weighted by atomic mass is 32.2. The molecule has 0 saturated carbocycles. The van der Waals surface area contributed by atoms with E-state index in [9.17, 15) is 8.42 Å². The van der Waals surface area contributed by atoms with E-state index in [4.69, 9.17) is 0 Å². The maximum atomic E-state index is 11.7. The Morgan fingerprint density at radius 2 is 2.22 bits per heavy atom. The molecular weight excluding hydrogens is 254 g/mol. The number of hydrogen-bond acceptors (Lipinski definition) is 4. The molecule has 2 aromatic heterocycles. The smallest absolute Gasteiger partial charge is 0.257 e. The minimum atomic E-state index is -3.44. The zero-order chi connectivity index (χ0) is 12.8. The van der Waals surface area contributed by atoms with Gasteiger partial charge in [-0.3, -0.25) is 5.10 Å². The summed E-state index contributed by atoms with van der Waals surface area (Å²) in [4.78, 5) is 3.93. The van der Waals surface area contributed by atoms with Crippen molar-refractivity contribution >= 4 is 10.0 Å². The molecule has 2 aromatic rings. The van der Waals surface area contributed by atoms with E-state index >= 15 is 0 Å². The average Bonchev–Trinajstić information content (AvgIpc) is 3.02. The van der Waals surface area contributed by atoms with E-state index in [1.165, 1.54) is 12.3 Å². The van der Waals surface area contributed by atoms with E-state index in [1.54, 1.807) is 12.5 Å². The van der Waals surface area contributed by atoms with Gasteiger partial charge in [-0.2, -0.15) is 5.10 Å². The number of sulfonamides is 1. The summed E-state index contributed by atoms with van der Waals surface area (Å²) in [5, 5.41) is 6.13. The van der Waals surface area contributed by atoms with Crippen LogP contribution in [0.25, 0.3) is 0 Å². The van der Waals surface area contributed by atoms with E-state index in [2.05, 4.69) is 19.9 Å². The van der Waals surface area contributed by atoms with Gasteiger partial charge in [0, 0.05) is 25.5 Å². The summed E-state index contributed by atoms with van der Waals surface area (Å²) >= 11 is 0. The first-order chi connectivity index (χ1) is 8.68. The number of aryl methyl sites for hydroxylation is 1. The summed E-state index contributed by atoms with van der Waals surface area (Å²) in [5.41, 5.74) is 0. The lowest BCUT2D eigenvalue weighted by Crippen LogP contribution is -2.25. The van der Waals surface area contributed by atoms with Crippen LogP contribution < -0.4 is 4.72 Å². The highest BCUT2D eigenvalue weighted by Gasteiger charge is 2.13. The fraction of sp³-hybridized carbons (Fsp3) is 0.400. The zero-order valence-electron chi connectivity index (χ0n) is 9.78. The lowest BCUT2D eigenvalue weighted by molar-refractivity contribution is 0.563. The van der Waals surface area contributed by atoms with Crippen LogP contribution in [0.5, 0.6) is 0 Å². The standard InChI is InChI=1S/C10H15N5O2S/c16-18(17,10-3-5-12-14-10)13-4-1-2-7-15-8-6-11-9-15/h3,5-6,8-9,13H,1-2,4,7H2,(H,12,14). The van der Waals surface area contributed by atoms with Gasteiger partial charge in [-0.15, -0.1) is 0 Å². The fourth-order valence-electron chi connectivity index (χ4n) is 1.52. The van der Waals surface area contributed by atoms with Gasteiger partial charge in [0.1, 0.15) is 0 Å². The molecular formula is C10H15N5O2S. The van der Waals surface area contributed by atoms with Crippen molar-refractivity contribution in [1.82, 2.24) is 24.5 Å². The molecule has 0 unspecified atom stereocenters. The van der Waals surface area contributed by atoms with Gasteiger partial charge in [0.2, 0.25) is 0 Å². The molecule has 7 nitrogen and oxygen atoms in total. The van der Waals surface area contributed by atoms with Gasteiger partial charge in [-0.1, -0.05) is 0 Å². The summed E-state index contributed by atoms with van der Waals surface area (Å²) in [6.45, 7) is 1.25. The number of aromatic amines is 1. The molecule has 2 N–H and O–H groups in total. The highest BCUT2D eigenvalue weighted by Crippen LogP contribution is 2.02. The monoisotopic (exact) mass is 269 g/mol. The summed E-state index contributed by atoms with van der Waals surface area (Å²) in [5.74, 6) is 0. The predicted octanol–water partition coefficient (Wildman–Crippen LogP) is 0.365. The molecule has 0 aliphatic rings. The highest BCUT2D eigenvalue weighted by molar-refractivity contribution is 7.89. The first-order valence-corrected chi connectivity index (χ1v) is 7.11. The number of nitrogens with zero attached hydrogens (tertiary/aromatic N) is 3. The maximum absolute atomic E-state index is 11.7. The summed E-state index contributed by atoms with van der Waals surface area (Å²) < 4.78 is 27.9. The first-order valence-electron chi connectivity index (χ1n) is 5.63. The van der Waals surface area contributed by atoms with Crippen LogP contribution in [0.1, 0.15) is 12.8 Å². The van der Waals surface area contributed by atoms with Crippen LogP contribution in [0.2, 0.25) is 0 Å². The number of aromatic nitrogens is 4. The van der Waals surface area contributed by atoms with Crippen molar-refractivity contribution in [3.05, 3.63) is 31.0 Å². The van der Waals surface area contributed by atoms with Gasteiger partial charge >= 0.3 is 0 Å². The molecule has 0 amide bonds. The van der Waals surface area contributed by atoms with Crippen LogP contribution in [0.3, 0.4) is 0 Å². The molecule has 0 spiro atoms. The van der Waals surface area contributed by atoms with Gasteiger partial charge < -0.3 is 4.57 Å². The van der Waals surface area contributed by atoms with Crippen molar-refractivity contribution in [2.24, 2.45) is 0 Å². The van der Waals surface area contributed by atoms with Crippen LogP contribution in [-0.2, 0) is 16.6 Å². The summed E-state index contributed by atoms with van der Waals surface area (Å²) in [6.07, 6.45) is 8.42. The average molecular weight is 269 g/mol. The molecule has 0 aromatic carbocycles. The molecule has 0 fully saturated rings. The largest absolute Gasteiger partial charge is 0.337 e. The number of imidazole rings is 1. The topological polar surface area (TPSA) is 92.7 Å². The van der Waals surface area contributed by atoms with Crippen molar-refractivity contribution in [1.29, 1.82) is 0 Å². The number of hydrogen-bond donors (Lipinski definition) is 2. The predicted molar refractivity (Wildman–Crippen MR) is 65.2 cm³/mol. The van der Waals surface area contributed by atoms with Crippen molar-refractivity contribution in [2.45, 2.75) is 24.4 Å². The van der Waals surface area contributed by atoms with E-state index in [0.717, 1.165) is 19.4 Å². The quantitative estimate of drug-likeness (QED) is 0.710. The van der Waals surface area contributed by atoms with E-state index in [-0.39, 0.29) is 5.03 Å². The van der Waals surface area contributed by atoms with Crippen LogP contribution in [0, 0.1) is 0 Å². The summed E-state index contributed by atoms with van der Waals surface area (Å²) in [6, 6.07) is 1.42. The van der Waals surface area contributed by atoms with Gasteiger partial charge in [-0.05, 0) is 18.9 Å². The second-order valence-corrected chi connectivity index (χ2v) is 5.56. The fourth-order valence-corrected chi connectivity index (χ4v) is 2.50. The summed E-state index contributed by atoms with van der Waals surface area (Å²) in [7, 11) is -3.44. The molecule has 0 bridgehead atoms. The van der Waals surface area contributed by atoms with E-state index in [0.29, 0.717) is 6.54 Å². The molecule has 0 aliphatic carbocycles. The van der Waals surface area contributed by atoms with E-state index < -0.39 is 10.0 Å². The third-order valence-corrected chi connectivity index (χ3v) is 3.85. The molecule has 98 valence electrons. The molecule has 2 heterocycles. The Morgan fingerprint density at radius 1 is 1.33 bits per heavy atom. The molecule has 0 saturated heterocycles. The minimum Gasteiger partial charge on any atom is -0.337 e. The normalized spacial score (nSPS) is 11.8. The molecule has 0 atom stereocenters. The third-order valence-electron chi connectivity index (χ3n) is 2.46. The second-order valence-electron chi connectivity index (χ2n) is 3.83.